The van der Waals surface area contributed by atoms with Gasteiger partial charge in [-0.15, -0.1) is 0 Å². The van der Waals surface area contributed by atoms with Crippen molar-refractivity contribution in [3.05, 3.63) is 93.2 Å². The van der Waals surface area contributed by atoms with Crippen molar-refractivity contribution in [3.8, 4) is 6.07 Å². The molecule has 3 heterocycles. The number of halogens is 1. The minimum absolute atomic E-state index is 0.245. The van der Waals surface area contributed by atoms with Crippen LogP contribution in [0.3, 0.4) is 0 Å². The number of nitrogens with two attached hydrogens (primary N) is 2. The van der Waals surface area contributed by atoms with Crippen molar-refractivity contribution in [3.63, 3.8) is 0 Å². The summed E-state index contributed by atoms with van der Waals surface area (Å²) in [7, 11) is 0. The number of rotatable bonds is 9. The molecular weight excluding hydrogens is 482 g/mol. The molecule has 8 heteroatoms. The first kappa shape index (κ1) is 26.2. The first-order valence-electron chi connectivity index (χ1n) is 12.3. The molecule has 1 aromatic carbocycles. The maximum absolute atomic E-state index is 9.97. The van der Waals surface area contributed by atoms with E-state index in [1.807, 2.05) is 45.0 Å². The maximum atomic E-state index is 9.97. The first-order chi connectivity index (χ1) is 17.8. The van der Waals surface area contributed by atoms with E-state index in [-0.39, 0.29) is 5.92 Å². The quantitative estimate of drug-likeness (QED) is 0.269. The van der Waals surface area contributed by atoms with Gasteiger partial charge in [0.15, 0.2) is 0 Å². The van der Waals surface area contributed by atoms with E-state index in [4.69, 9.17) is 23.1 Å². The molecule has 37 heavy (non-hydrogen) atoms. The van der Waals surface area contributed by atoms with Crippen LogP contribution >= 0.6 is 11.6 Å². The van der Waals surface area contributed by atoms with Crippen LogP contribution in [0.1, 0.15) is 58.5 Å². The predicted molar refractivity (Wildman–Crippen MR) is 151 cm³/mol. The molecule has 0 saturated heterocycles. The number of aromatic nitrogens is 3. The number of anilines is 1. The molecule has 0 bridgehead atoms. The monoisotopic (exact) mass is 513 g/mol. The van der Waals surface area contributed by atoms with Gasteiger partial charge >= 0.3 is 0 Å². The van der Waals surface area contributed by atoms with E-state index >= 15 is 0 Å². The zero-order chi connectivity index (χ0) is 26.5. The average Bonchev–Trinajstić information content (AvgIpc) is 3.18. The van der Waals surface area contributed by atoms with E-state index < -0.39 is 0 Å². The van der Waals surface area contributed by atoms with Gasteiger partial charge in [0.2, 0.25) is 0 Å². The van der Waals surface area contributed by atoms with Crippen LogP contribution in [0.2, 0.25) is 5.02 Å². The van der Waals surface area contributed by atoms with Crippen molar-refractivity contribution in [1.29, 1.82) is 5.26 Å². The smallest absolute Gasteiger partial charge is 0.123 e. The van der Waals surface area contributed by atoms with E-state index in [1.54, 1.807) is 6.20 Å². The van der Waals surface area contributed by atoms with Crippen LogP contribution < -0.4 is 16.8 Å². The highest BCUT2D eigenvalue weighted by Crippen LogP contribution is 2.31. The summed E-state index contributed by atoms with van der Waals surface area (Å²) in [5.74, 6) is 0.286. The summed E-state index contributed by atoms with van der Waals surface area (Å²) in [6, 6.07) is 12.5. The Kier molecular flexibility index (Phi) is 8.12. The standard InChI is InChI=1S/C29H32ClN7/c1-4-21(12-32)29-23(13-34-15-25-18(2)9-28(33)36-19(25)3)17-37(27(29)7-8-31)16-20-5-6-26-22(10-20)11-24(30)14-35-26/h5-11,14,17,21,34H,4,13,15-16,31H2,1-3H3,(H2,33,36)/b8-7-. The highest BCUT2D eigenvalue weighted by Gasteiger charge is 2.21. The Morgan fingerprint density at radius 1 is 1.22 bits per heavy atom. The van der Waals surface area contributed by atoms with Crippen molar-refractivity contribution in [2.45, 2.75) is 52.7 Å². The molecule has 0 amide bonds. The first-order valence-corrected chi connectivity index (χ1v) is 12.7. The van der Waals surface area contributed by atoms with Gasteiger partial charge in [0.1, 0.15) is 5.82 Å². The number of nitrogens with zero attached hydrogens (tertiary/aromatic N) is 4. The Labute approximate surface area is 222 Å². The second kappa shape index (κ2) is 11.5. The lowest BCUT2D eigenvalue weighted by Crippen LogP contribution is -2.16. The second-order valence-corrected chi connectivity index (χ2v) is 9.68. The number of aryl methyl sites for hydroxylation is 2. The number of fused-ring (bicyclic) bond motifs is 1. The highest BCUT2D eigenvalue weighted by molar-refractivity contribution is 6.31. The third kappa shape index (κ3) is 5.77. The fourth-order valence-electron chi connectivity index (χ4n) is 4.88. The zero-order valence-corrected chi connectivity index (χ0v) is 22.2. The summed E-state index contributed by atoms with van der Waals surface area (Å²) in [6.07, 6.45) is 7.91. The maximum Gasteiger partial charge on any atom is 0.123 e. The van der Waals surface area contributed by atoms with Gasteiger partial charge in [-0.2, -0.15) is 5.26 Å². The number of hydrogen-bond donors (Lipinski definition) is 3. The lowest BCUT2D eigenvalue weighted by Gasteiger charge is -2.14. The second-order valence-electron chi connectivity index (χ2n) is 9.24. The summed E-state index contributed by atoms with van der Waals surface area (Å²) in [5.41, 5.74) is 19.9. The van der Waals surface area contributed by atoms with Crippen molar-refractivity contribution in [2.75, 3.05) is 5.73 Å². The topological polar surface area (TPSA) is 119 Å². The minimum atomic E-state index is -0.245. The number of nitriles is 1. The van der Waals surface area contributed by atoms with Crippen LogP contribution in [-0.4, -0.2) is 14.5 Å². The van der Waals surface area contributed by atoms with Gasteiger partial charge in [-0.05, 0) is 84.6 Å². The zero-order valence-electron chi connectivity index (χ0n) is 21.4. The fraction of sp³-hybridized carbons (Fsp3) is 0.276. The largest absolute Gasteiger partial charge is 0.405 e. The van der Waals surface area contributed by atoms with Gasteiger partial charge < -0.3 is 21.4 Å². The van der Waals surface area contributed by atoms with E-state index in [9.17, 15) is 5.26 Å². The van der Waals surface area contributed by atoms with Gasteiger partial charge in [-0.25, -0.2) is 4.98 Å². The van der Waals surface area contributed by atoms with Crippen LogP contribution in [0, 0.1) is 25.2 Å². The number of benzene rings is 1. The van der Waals surface area contributed by atoms with Gasteiger partial charge in [0.25, 0.3) is 0 Å². The van der Waals surface area contributed by atoms with E-state index in [0.29, 0.717) is 36.9 Å². The third-order valence-corrected chi connectivity index (χ3v) is 6.87. The Morgan fingerprint density at radius 2 is 2.03 bits per heavy atom. The molecule has 0 aliphatic rings. The summed E-state index contributed by atoms with van der Waals surface area (Å²) in [5, 5.41) is 15.1. The Balaban J connectivity index is 1.68. The van der Waals surface area contributed by atoms with E-state index in [0.717, 1.165) is 50.1 Å². The predicted octanol–water partition coefficient (Wildman–Crippen LogP) is 5.57. The van der Waals surface area contributed by atoms with Gasteiger partial charge in [0.05, 0.1) is 22.5 Å². The normalized spacial score (nSPS) is 12.3. The van der Waals surface area contributed by atoms with Gasteiger partial charge in [-0.1, -0.05) is 24.6 Å². The van der Waals surface area contributed by atoms with Gasteiger partial charge in [-0.3, -0.25) is 4.98 Å². The fourth-order valence-corrected chi connectivity index (χ4v) is 5.05. The van der Waals surface area contributed by atoms with Crippen LogP contribution in [0.4, 0.5) is 5.82 Å². The molecule has 0 fully saturated rings. The van der Waals surface area contributed by atoms with Gasteiger partial charge in [0, 0.05) is 48.8 Å². The molecule has 7 nitrogen and oxygen atoms in total. The van der Waals surface area contributed by atoms with Crippen molar-refractivity contribution in [2.24, 2.45) is 5.73 Å². The lowest BCUT2D eigenvalue weighted by molar-refractivity contribution is 0.674. The number of nitrogens with one attached hydrogen (secondary N) is 1. The SMILES string of the molecule is CCC(C#N)c1c(CNCc2c(C)cc(N)nc2C)cn(Cc2ccc3ncc(Cl)cc3c2)c1/C=C\N. The molecule has 0 aliphatic carbocycles. The van der Waals surface area contributed by atoms with Crippen molar-refractivity contribution < 1.29 is 0 Å². The molecule has 4 aromatic rings. The third-order valence-electron chi connectivity index (χ3n) is 6.67. The Hall–Kier alpha value is -3.86. The van der Waals surface area contributed by atoms with Crippen LogP contribution in [0.15, 0.2) is 48.9 Å². The molecule has 3 aromatic heterocycles. The minimum Gasteiger partial charge on any atom is -0.405 e. The summed E-state index contributed by atoms with van der Waals surface area (Å²) in [4.78, 5) is 8.80. The Morgan fingerprint density at radius 3 is 2.73 bits per heavy atom. The van der Waals surface area contributed by atoms with E-state index in [1.165, 1.54) is 6.20 Å². The highest BCUT2D eigenvalue weighted by atomic mass is 35.5. The van der Waals surface area contributed by atoms with Crippen LogP contribution in [0.25, 0.3) is 17.0 Å². The van der Waals surface area contributed by atoms with Crippen LogP contribution in [0.5, 0.6) is 0 Å². The Bertz CT molecular complexity index is 1470. The summed E-state index contributed by atoms with van der Waals surface area (Å²) < 4.78 is 2.16. The number of hydrogen-bond acceptors (Lipinski definition) is 6. The van der Waals surface area contributed by atoms with E-state index in [2.05, 4.69) is 44.3 Å². The summed E-state index contributed by atoms with van der Waals surface area (Å²) in [6.45, 7) is 7.93. The molecule has 5 N–H and O–H groups in total. The molecule has 0 aliphatic heterocycles. The molecule has 0 radical (unpaired) electrons. The van der Waals surface area contributed by atoms with Crippen molar-refractivity contribution in [1.82, 2.24) is 19.9 Å². The molecule has 0 spiro atoms. The number of pyridine rings is 2. The molecule has 1 atom stereocenters. The summed E-state index contributed by atoms with van der Waals surface area (Å²) >= 11 is 6.17. The molecule has 4 rings (SSSR count). The van der Waals surface area contributed by atoms with Crippen LogP contribution in [-0.2, 0) is 19.6 Å². The molecule has 1 unspecified atom stereocenters. The average molecular weight is 514 g/mol. The number of nitrogen functional groups attached to an aromatic ring is 1. The van der Waals surface area contributed by atoms with Crippen molar-refractivity contribution >= 4 is 34.4 Å². The molecule has 0 saturated carbocycles. The molecular formula is C29H32ClN7. The molecule has 190 valence electrons. The lowest BCUT2D eigenvalue weighted by atomic mass is 9.94.